The number of fused-ring (bicyclic) bond motifs is 1. The highest BCUT2D eigenvalue weighted by molar-refractivity contribution is 7.17. The summed E-state index contributed by atoms with van der Waals surface area (Å²) in [6, 6.07) is 11.9. The first-order chi connectivity index (χ1) is 14.2. The van der Waals surface area contributed by atoms with Crippen LogP contribution in [0.15, 0.2) is 59.3 Å². The number of rotatable bonds is 6. The number of hydrazone groups is 1. The maximum atomic E-state index is 13.3. The van der Waals surface area contributed by atoms with Gasteiger partial charge < -0.3 is 9.47 Å². The number of methoxy groups -OCH3 is 2. The van der Waals surface area contributed by atoms with E-state index in [1.54, 1.807) is 32.6 Å². The van der Waals surface area contributed by atoms with Crippen LogP contribution in [0, 0.1) is 5.82 Å². The summed E-state index contributed by atoms with van der Waals surface area (Å²) in [5.41, 5.74) is 5.55. The van der Waals surface area contributed by atoms with Crippen molar-refractivity contribution < 1.29 is 13.9 Å². The van der Waals surface area contributed by atoms with Crippen molar-refractivity contribution in [2.24, 2.45) is 5.10 Å². The molecule has 0 amide bonds. The normalized spacial score (nSPS) is 11.1. The zero-order valence-electron chi connectivity index (χ0n) is 15.7. The molecule has 0 unspecified atom stereocenters. The van der Waals surface area contributed by atoms with E-state index in [9.17, 15) is 4.39 Å². The summed E-state index contributed by atoms with van der Waals surface area (Å²) in [7, 11) is 3.17. The van der Waals surface area contributed by atoms with E-state index in [2.05, 4.69) is 20.5 Å². The molecule has 4 rings (SSSR count). The Bertz CT molecular complexity index is 1180. The second-order valence-corrected chi connectivity index (χ2v) is 6.87. The molecule has 2 aromatic carbocycles. The monoisotopic (exact) mass is 408 g/mol. The number of benzene rings is 2. The van der Waals surface area contributed by atoms with Gasteiger partial charge in [0.05, 0.1) is 25.8 Å². The molecule has 0 atom stereocenters. The second kappa shape index (κ2) is 8.24. The highest BCUT2D eigenvalue weighted by Gasteiger charge is 2.13. The molecule has 8 heteroatoms. The van der Waals surface area contributed by atoms with Crippen molar-refractivity contribution in [2.75, 3.05) is 19.6 Å². The molecule has 0 saturated carbocycles. The predicted molar refractivity (Wildman–Crippen MR) is 114 cm³/mol. The number of halogens is 1. The first kappa shape index (κ1) is 18.8. The predicted octanol–water partition coefficient (Wildman–Crippen LogP) is 4.96. The van der Waals surface area contributed by atoms with Crippen LogP contribution in [-0.4, -0.2) is 30.4 Å². The van der Waals surface area contributed by atoms with E-state index in [4.69, 9.17) is 9.47 Å². The highest BCUT2D eigenvalue weighted by Crippen LogP contribution is 2.36. The molecule has 0 saturated heterocycles. The smallest absolute Gasteiger partial charge is 0.169 e. The van der Waals surface area contributed by atoms with Crippen molar-refractivity contribution in [1.29, 1.82) is 0 Å². The topological polar surface area (TPSA) is 68.6 Å². The van der Waals surface area contributed by atoms with Crippen molar-refractivity contribution in [2.45, 2.75) is 0 Å². The van der Waals surface area contributed by atoms with Crippen LogP contribution < -0.4 is 14.9 Å². The SMILES string of the molecule is COc1cccc(/C=N\Nc2ncnc3scc(-c4ccc(F)cc4)c23)c1OC. The van der Waals surface area contributed by atoms with Gasteiger partial charge in [0.25, 0.3) is 0 Å². The molecule has 0 radical (unpaired) electrons. The number of nitrogens with one attached hydrogen (secondary N) is 1. The first-order valence-electron chi connectivity index (χ1n) is 8.69. The van der Waals surface area contributed by atoms with Gasteiger partial charge >= 0.3 is 0 Å². The maximum Gasteiger partial charge on any atom is 0.169 e. The Morgan fingerprint density at radius 1 is 1.07 bits per heavy atom. The number of thiophene rings is 1. The molecule has 0 aliphatic heterocycles. The third kappa shape index (κ3) is 3.74. The van der Waals surface area contributed by atoms with Crippen LogP contribution in [0.1, 0.15) is 5.56 Å². The second-order valence-electron chi connectivity index (χ2n) is 6.01. The first-order valence-corrected chi connectivity index (χ1v) is 9.57. The Balaban J connectivity index is 1.68. The van der Waals surface area contributed by atoms with Crippen molar-refractivity contribution >= 4 is 33.6 Å². The van der Waals surface area contributed by atoms with Gasteiger partial charge in [0.15, 0.2) is 17.3 Å². The van der Waals surface area contributed by atoms with Crippen LogP contribution in [0.2, 0.25) is 0 Å². The molecule has 146 valence electrons. The fourth-order valence-corrected chi connectivity index (χ4v) is 3.89. The van der Waals surface area contributed by atoms with Crippen LogP contribution in [0.5, 0.6) is 11.5 Å². The molecule has 4 aromatic rings. The lowest BCUT2D eigenvalue weighted by Gasteiger charge is -2.09. The Labute approximate surface area is 170 Å². The van der Waals surface area contributed by atoms with E-state index in [1.165, 1.54) is 29.8 Å². The summed E-state index contributed by atoms with van der Waals surface area (Å²) in [4.78, 5) is 9.47. The number of hydrogen-bond donors (Lipinski definition) is 1. The maximum absolute atomic E-state index is 13.3. The van der Waals surface area contributed by atoms with E-state index in [0.717, 1.165) is 26.9 Å². The van der Waals surface area contributed by atoms with E-state index in [0.29, 0.717) is 17.3 Å². The standard InChI is InChI=1S/C21H17FN4O2S/c1-27-17-5-3-4-14(19(17)28-2)10-25-26-20-18-16(11-29-21(18)24-12-23-20)13-6-8-15(22)9-7-13/h3-12H,1-2H3,(H,23,24,26)/b25-10-. The van der Waals surface area contributed by atoms with Crippen LogP contribution in [0.3, 0.4) is 0 Å². The summed E-state index contributed by atoms with van der Waals surface area (Å²) in [6.45, 7) is 0. The molecule has 0 aliphatic rings. The Kier molecular flexibility index (Phi) is 5.35. The Morgan fingerprint density at radius 3 is 2.66 bits per heavy atom. The molecular weight excluding hydrogens is 391 g/mol. The van der Waals surface area contributed by atoms with Crippen molar-refractivity contribution in [3.63, 3.8) is 0 Å². The van der Waals surface area contributed by atoms with Crippen LogP contribution >= 0.6 is 11.3 Å². The molecule has 29 heavy (non-hydrogen) atoms. The number of ether oxygens (including phenoxy) is 2. The molecule has 2 heterocycles. The summed E-state index contributed by atoms with van der Waals surface area (Å²) in [5.74, 6) is 1.50. The molecule has 6 nitrogen and oxygen atoms in total. The summed E-state index contributed by atoms with van der Waals surface area (Å²) < 4.78 is 24.0. The fourth-order valence-electron chi connectivity index (χ4n) is 2.98. The summed E-state index contributed by atoms with van der Waals surface area (Å²) in [5, 5.41) is 7.13. The summed E-state index contributed by atoms with van der Waals surface area (Å²) >= 11 is 1.49. The average molecular weight is 408 g/mol. The number of para-hydroxylation sites is 1. The molecule has 0 aliphatic carbocycles. The van der Waals surface area contributed by atoms with Crippen LogP contribution in [-0.2, 0) is 0 Å². The minimum atomic E-state index is -0.278. The van der Waals surface area contributed by atoms with E-state index >= 15 is 0 Å². The number of nitrogens with zero attached hydrogens (tertiary/aromatic N) is 3. The largest absolute Gasteiger partial charge is 0.493 e. The lowest BCUT2D eigenvalue weighted by atomic mass is 10.1. The van der Waals surface area contributed by atoms with E-state index in [-0.39, 0.29) is 5.82 Å². The van der Waals surface area contributed by atoms with Gasteiger partial charge in [-0.15, -0.1) is 11.3 Å². The zero-order valence-corrected chi connectivity index (χ0v) is 16.5. The Morgan fingerprint density at radius 2 is 1.90 bits per heavy atom. The van der Waals surface area contributed by atoms with Gasteiger partial charge in [0.1, 0.15) is 17.0 Å². The van der Waals surface area contributed by atoms with Crippen LogP contribution in [0.4, 0.5) is 10.2 Å². The lowest BCUT2D eigenvalue weighted by Crippen LogP contribution is -1.98. The molecule has 0 spiro atoms. The van der Waals surface area contributed by atoms with Crippen molar-refractivity contribution in [1.82, 2.24) is 9.97 Å². The Hall–Kier alpha value is -3.52. The van der Waals surface area contributed by atoms with Gasteiger partial charge in [-0.25, -0.2) is 14.4 Å². The number of anilines is 1. The molecular formula is C21H17FN4O2S. The third-order valence-corrected chi connectivity index (χ3v) is 5.22. The lowest BCUT2D eigenvalue weighted by molar-refractivity contribution is 0.354. The van der Waals surface area contributed by atoms with Gasteiger partial charge in [-0.05, 0) is 29.8 Å². The zero-order chi connectivity index (χ0) is 20.2. The van der Waals surface area contributed by atoms with Gasteiger partial charge in [-0.2, -0.15) is 5.10 Å². The van der Waals surface area contributed by atoms with Gasteiger partial charge in [-0.1, -0.05) is 18.2 Å². The minimum absolute atomic E-state index is 0.278. The molecule has 2 aromatic heterocycles. The third-order valence-electron chi connectivity index (χ3n) is 4.33. The van der Waals surface area contributed by atoms with Crippen molar-refractivity contribution in [3.8, 4) is 22.6 Å². The highest BCUT2D eigenvalue weighted by atomic mass is 32.1. The van der Waals surface area contributed by atoms with E-state index < -0.39 is 0 Å². The number of hydrogen-bond acceptors (Lipinski definition) is 7. The summed E-state index contributed by atoms with van der Waals surface area (Å²) in [6.07, 6.45) is 3.12. The van der Waals surface area contributed by atoms with Gasteiger partial charge in [0.2, 0.25) is 0 Å². The minimum Gasteiger partial charge on any atom is -0.493 e. The fraction of sp³-hybridized carbons (Fsp3) is 0.0952. The van der Waals surface area contributed by atoms with E-state index in [1.807, 2.05) is 23.6 Å². The van der Waals surface area contributed by atoms with Crippen LogP contribution in [0.25, 0.3) is 21.3 Å². The average Bonchev–Trinajstić information content (AvgIpc) is 3.19. The van der Waals surface area contributed by atoms with Gasteiger partial charge in [0, 0.05) is 16.5 Å². The number of aromatic nitrogens is 2. The molecule has 1 N–H and O–H groups in total. The molecule has 0 bridgehead atoms. The van der Waals surface area contributed by atoms with Crippen molar-refractivity contribution in [3.05, 3.63) is 65.6 Å². The van der Waals surface area contributed by atoms with Gasteiger partial charge in [-0.3, -0.25) is 5.43 Å². The quantitative estimate of drug-likeness (QED) is 0.361. The molecule has 0 fully saturated rings.